The van der Waals surface area contributed by atoms with Gasteiger partial charge in [0.25, 0.3) is 0 Å². The Morgan fingerprint density at radius 3 is 2.80 bits per heavy atom. The number of hydrogen-bond donors (Lipinski definition) is 2. The second kappa shape index (κ2) is 6.59. The van der Waals surface area contributed by atoms with Crippen molar-refractivity contribution in [3.05, 3.63) is 17.8 Å². The second-order valence-electron chi connectivity index (χ2n) is 5.62. The molecule has 110 valence electrons. The van der Waals surface area contributed by atoms with Crippen LogP contribution in [0.25, 0.3) is 0 Å². The Balaban J connectivity index is 1.98. The number of nitrogens with one attached hydrogen (secondary N) is 1. The molecule has 0 aliphatic heterocycles. The van der Waals surface area contributed by atoms with Crippen molar-refractivity contribution in [1.29, 1.82) is 0 Å². The fourth-order valence-electron chi connectivity index (χ4n) is 2.68. The first-order valence-electron chi connectivity index (χ1n) is 7.18. The van der Waals surface area contributed by atoms with Gasteiger partial charge in [-0.25, -0.2) is 9.78 Å². The summed E-state index contributed by atoms with van der Waals surface area (Å²) in [5.41, 5.74) is 6.70. The van der Waals surface area contributed by atoms with Crippen LogP contribution < -0.4 is 11.1 Å². The molecule has 5 heteroatoms. The number of carbonyl (C=O) groups excluding carboxylic acids is 1. The van der Waals surface area contributed by atoms with Crippen LogP contribution in [0.15, 0.2) is 12.3 Å². The molecule has 1 heterocycles. The van der Waals surface area contributed by atoms with E-state index in [0.717, 1.165) is 12.5 Å². The lowest BCUT2D eigenvalue weighted by Gasteiger charge is -2.26. The molecular formula is C15H23N3O2. The number of hydrogen-bond acceptors (Lipinski definition) is 5. The fraction of sp³-hybridized carbons (Fsp3) is 0.600. The minimum atomic E-state index is -0.431. The molecule has 0 unspecified atom stereocenters. The van der Waals surface area contributed by atoms with E-state index in [4.69, 9.17) is 10.5 Å². The monoisotopic (exact) mass is 277 g/mol. The third-order valence-electron chi connectivity index (χ3n) is 4.09. The molecule has 0 amide bonds. The van der Waals surface area contributed by atoms with E-state index in [-0.39, 0.29) is 0 Å². The van der Waals surface area contributed by atoms with Crippen molar-refractivity contribution >= 4 is 17.5 Å². The first-order chi connectivity index (χ1) is 9.61. The van der Waals surface area contributed by atoms with Gasteiger partial charge in [0.15, 0.2) is 0 Å². The molecule has 1 fully saturated rings. The highest BCUT2D eigenvalue weighted by molar-refractivity contribution is 5.97. The molecule has 1 aliphatic carbocycles. The third-order valence-corrected chi connectivity index (χ3v) is 4.09. The maximum atomic E-state index is 11.6. The van der Waals surface area contributed by atoms with Gasteiger partial charge < -0.3 is 15.8 Å². The smallest absolute Gasteiger partial charge is 0.340 e. The van der Waals surface area contributed by atoms with E-state index < -0.39 is 5.97 Å². The largest absolute Gasteiger partial charge is 0.465 e. The predicted octanol–water partition coefficient (Wildman–Crippen LogP) is 2.69. The quantitative estimate of drug-likeness (QED) is 0.827. The zero-order valence-electron chi connectivity index (χ0n) is 12.2. The van der Waals surface area contributed by atoms with Gasteiger partial charge in [0, 0.05) is 12.7 Å². The van der Waals surface area contributed by atoms with Gasteiger partial charge in [-0.2, -0.15) is 0 Å². The number of ether oxygens (including phenoxy) is 1. The zero-order valence-corrected chi connectivity index (χ0v) is 12.2. The minimum Gasteiger partial charge on any atom is -0.465 e. The van der Waals surface area contributed by atoms with Crippen LogP contribution in [0.1, 0.15) is 43.0 Å². The lowest BCUT2D eigenvalue weighted by Crippen LogP contribution is -2.21. The first-order valence-corrected chi connectivity index (χ1v) is 7.18. The molecule has 0 radical (unpaired) electrons. The Labute approximate surface area is 119 Å². The molecule has 0 saturated heterocycles. The van der Waals surface area contributed by atoms with Crippen LogP contribution in [0.2, 0.25) is 0 Å². The summed E-state index contributed by atoms with van der Waals surface area (Å²) < 4.78 is 4.70. The van der Waals surface area contributed by atoms with Crippen LogP contribution in [-0.2, 0) is 4.74 Å². The van der Waals surface area contributed by atoms with Gasteiger partial charge in [0.05, 0.1) is 18.4 Å². The van der Waals surface area contributed by atoms with Crippen LogP contribution in [0, 0.1) is 11.8 Å². The minimum absolute atomic E-state index is 0.363. The molecule has 1 aliphatic rings. The van der Waals surface area contributed by atoms with E-state index in [1.807, 2.05) is 0 Å². The number of anilines is 2. The number of carbonyl (C=O) groups is 1. The Kier molecular flexibility index (Phi) is 4.82. The van der Waals surface area contributed by atoms with Gasteiger partial charge in [0.1, 0.15) is 5.82 Å². The second-order valence-corrected chi connectivity index (χ2v) is 5.62. The normalized spacial score (nSPS) is 22.3. The summed E-state index contributed by atoms with van der Waals surface area (Å²) in [6.45, 7) is 3.16. The Hall–Kier alpha value is -1.78. The summed E-state index contributed by atoms with van der Waals surface area (Å²) in [5.74, 6) is 1.65. The number of pyridine rings is 1. The van der Waals surface area contributed by atoms with Crippen molar-refractivity contribution in [2.75, 3.05) is 24.7 Å². The number of nitrogens with two attached hydrogens (primary N) is 1. The summed E-state index contributed by atoms with van der Waals surface area (Å²) in [6.07, 6.45) is 6.64. The Morgan fingerprint density at radius 1 is 1.45 bits per heavy atom. The topological polar surface area (TPSA) is 77.2 Å². The number of nitrogens with zero attached hydrogens (tertiary/aromatic N) is 1. The van der Waals surface area contributed by atoms with Gasteiger partial charge in [-0.3, -0.25) is 0 Å². The number of rotatable bonds is 4. The van der Waals surface area contributed by atoms with Crippen LogP contribution in [0.5, 0.6) is 0 Å². The van der Waals surface area contributed by atoms with Crippen LogP contribution in [-0.4, -0.2) is 24.6 Å². The van der Waals surface area contributed by atoms with E-state index in [1.165, 1.54) is 32.8 Å². The van der Waals surface area contributed by atoms with Gasteiger partial charge in [-0.05, 0) is 30.7 Å². The van der Waals surface area contributed by atoms with Crippen molar-refractivity contribution < 1.29 is 9.53 Å². The summed E-state index contributed by atoms with van der Waals surface area (Å²) >= 11 is 0. The van der Waals surface area contributed by atoms with E-state index in [0.29, 0.717) is 23.0 Å². The van der Waals surface area contributed by atoms with Gasteiger partial charge in [-0.15, -0.1) is 0 Å². The Morgan fingerprint density at radius 2 is 2.15 bits per heavy atom. The van der Waals surface area contributed by atoms with Crippen LogP contribution in [0.4, 0.5) is 11.5 Å². The summed E-state index contributed by atoms with van der Waals surface area (Å²) in [4.78, 5) is 15.8. The SMILES string of the molecule is COC(=O)c1ccnc(NCC2CCC(C)CC2)c1N. The molecule has 1 aromatic rings. The average molecular weight is 277 g/mol. The van der Waals surface area contributed by atoms with Crippen molar-refractivity contribution in [2.45, 2.75) is 32.6 Å². The molecule has 3 N–H and O–H groups in total. The maximum absolute atomic E-state index is 11.6. The molecule has 1 saturated carbocycles. The molecule has 0 bridgehead atoms. The highest BCUT2D eigenvalue weighted by Gasteiger charge is 2.19. The van der Waals surface area contributed by atoms with Crippen LogP contribution >= 0.6 is 0 Å². The maximum Gasteiger partial charge on any atom is 0.340 e. The van der Waals surface area contributed by atoms with Crippen molar-refractivity contribution in [1.82, 2.24) is 4.98 Å². The molecule has 0 atom stereocenters. The van der Waals surface area contributed by atoms with Crippen molar-refractivity contribution in [2.24, 2.45) is 11.8 Å². The molecule has 1 aromatic heterocycles. The lowest BCUT2D eigenvalue weighted by molar-refractivity contribution is 0.0602. The highest BCUT2D eigenvalue weighted by atomic mass is 16.5. The number of nitrogen functional groups attached to an aromatic ring is 1. The van der Waals surface area contributed by atoms with E-state index >= 15 is 0 Å². The zero-order chi connectivity index (χ0) is 14.5. The summed E-state index contributed by atoms with van der Waals surface area (Å²) in [5, 5.41) is 3.27. The number of esters is 1. The van der Waals surface area contributed by atoms with E-state index in [1.54, 1.807) is 12.3 Å². The van der Waals surface area contributed by atoms with E-state index in [9.17, 15) is 4.79 Å². The fourth-order valence-corrected chi connectivity index (χ4v) is 2.68. The lowest BCUT2D eigenvalue weighted by atomic mass is 9.83. The number of methoxy groups -OCH3 is 1. The summed E-state index contributed by atoms with van der Waals surface area (Å²) in [6, 6.07) is 1.58. The molecule has 5 nitrogen and oxygen atoms in total. The standard InChI is InChI=1S/C15H23N3O2/c1-10-3-5-11(6-4-10)9-18-14-13(16)12(7-8-17-14)15(19)20-2/h7-8,10-11H,3-6,9,16H2,1-2H3,(H,17,18). The van der Waals surface area contributed by atoms with Crippen molar-refractivity contribution in [3.63, 3.8) is 0 Å². The average Bonchev–Trinajstić information content (AvgIpc) is 2.47. The molecule has 0 spiro atoms. The first kappa shape index (κ1) is 14.6. The predicted molar refractivity (Wildman–Crippen MR) is 79.6 cm³/mol. The molecule has 20 heavy (non-hydrogen) atoms. The number of aromatic nitrogens is 1. The van der Waals surface area contributed by atoms with Gasteiger partial charge in [-0.1, -0.05) is 19.8 Å². The molecule has 0 aromatic carbocycles. The third kappa shape index (κ3) is 3.40. The molecule has 2 rings (SSSR count). The van der Waals surface area contributed by atoms with Crippen LogP contribution in [0.3, 0.4) is 0 Å². The van der Waals surface area contributed by atoms with E-state index in [2.05, 4.69) is 17.2 Å². The van der Waals surface area contributed by atoms with Gasteiger partial charge in [0.2, 0.25) is 0 Å². The van der Waals surface area contributed by atoms with Crippen molar-refractivity contribution in [3.8, 4) is 0 Å². The van der Waals surface area contributed by atoms with Gasteiger partial charge >= 0.3 is 5.97 Å². The Bertz CT molecular complexity index is 468. The summed E-state index contributed by atoms with van der Waals surface area (Å²) in [7, 11) is 1.35. The highest BCUT2D eigenvalue weighted by Crippen LogP contribution is 2.29. The molecular weight excluding hydrogens is 254 g/mol.